The molecule has 0 aliphatic heterocycles. The van der Waals surface area contributed by atoms with E-state index in [0.29, 0.717) is 29.0 Å². The van der Waals surface area contributed by atoms with Gasteiger partial charge in [0.2, 0.25) is 0 Å². The Morgan fingerprint density at radius 3 is 1.43 bits per heavy atom. The first-order valence-corrected chi connectivity index (χ1v) is 17.6. The van der Waals surface area contributed by atoms with Crippen molar-refractivity contribution in [2.24, 2.45) is 0 Å². The summed E-state index contributed by atoms with van der Waals surface area (Å²) < 4.78 is 0. The highest BCUT2D eigenvalue weighted by Gasteiger charge is 2.21. The van der Waals surface area contributed by atoms with E-state index < -0.39 is 0 Å². The summed E-state index contributed by atoms with van der Waals surface area (Å²) in [6, 6.07) is 60.7. The second-order valence-electron chi connectivity index (χ2n) is 12.8. The van der Waals surface area contributed by atoms with Crippen LogP contribution in [0, 0.1) is 6.57 Å². The Morgan fingerprint density at radius 1 is 0.333 bits per heavy atom. The number of para-hydroxylation sites is 1. The number of rotatable bonds is 7. The summed E-state index contributed by atoms with van der Waals surface area (Å²) in [5, 5.41) is 0.959. The molecular formula is C48H30N6. The Hall–Kier alpha value is -7.62. The number of nitrogens with zero attached hydrogens (tertiary/aromatic N) is 6. The van der Waals surface area contributed by atoms with Gasteiger partial charge >= 0.3 is 0 Å². The van der Waals surface area contributed by atoms with Gasteiger partial charge in [-0.1, -0.05) is 170 Å². The van der Waals surface area contributed by atoms with Gasteiger partial charge in [-0.3, -0.25) is 0 Å². The van der Waals surface area contributed by atoms with Crippen molar-refractivity contribution in [3.05, 3.63) is 193 Å². The lowest BCUT2D eigenvalue weighted by Gasteiger charge is -2.17. The molecule has 6 nitrogen and oxygen atoms in total. The van der Waals surface area contributed by atoms with E-state index in [2.05, 4.69) is 53.4 Å². The second kappa shape index (κ2) is 14.2. The Labute approximate surface area is 313 Å². The third-order valence-electron chi connectivity index (χ3n) is 9.40. The standard InChI is InChI=1S/C48H30N6/c1-49-37-28-25-32(26-29-37)36-27-30-39(42(31-36)48-53-46(34-17-7-3-8-18-34)52-47(54-48)35-19-9-4-10-20-35)38-21-11-12-22-40(38)44-41-23-13-14-24-43(41)50-45(51-44)33-15-5-2-6-16-33/h2-31H. The average Bonchev–Trinajstić information content (AvgIpc) is 3.26. The predicted octanol–water partition coefficient (Wildman–Crippen LogP) is 12.0. The van der Waals surface area contributed by atoms with Crippen LogP contribution < -0.4 is 0 Å². The molecule has 0 saturated carbocycles. The van der Waals surface area contributed by atoms with Crippen molar-refractivity contribution >= 4 is 16.6 Å². The van der Waals surface area contributed by atoms with Crippen molar-refractivity contribution in [1.29, 1.82) is 0 Å². The molecule has 0 bridgehead atoms. The molecule has 6 heteroatoms. The van der Waals surface area contributed by atoms with Crippen LogP contribution in [0.5, 0.6) is 0 Å². The first-order chi connectivity index (χ1) is 26.7. The van der Waals surface area contributed by atoms with Crippen molar-refractivity contribution in [1.82, 2.24) is 24.9 Å². The summed E-state index contributed by atoms with van der Waals surface area (Å²) in [5.41, 5.74) is 10.7. The molecule has 0 unspecified atom stereocenters. The van der Waals surface area contributed by atoms with Crippen molar-refractivity contribution in [3.63, 3.8) is 0 Å². The molecule has 252 valence electrons. The molecular weight excluding hydrogens is 661 g/mol. The zero-order valence-corrected chi connectivity index (χ0v) is 29.0. The molecule has 2 aromatic heterocycles. The Morgan fingerprint density at radius 2 is 0.815 bits per heavy atom. The molecule has 2 heterocycles. The minimum atomic E-state index is 0.546. The van der Waals surface area contributed by atoms with E-state index in [0.717, 1.165) is 66.7 Å². The molecule has 0 fully saturated rings. The molecule has 0 atom stereocenters. The molecule has 0 spiro atoms. The molecule has 0 aliphatic carbocycles. The summed E-state index contributed by atoms with van der Waals surface area (Å²) >= 11 is 0. The van der Waals surface area contributed by atoms with E-state index >= 15 is 0 Å². The third-order valence-corrected chi connectivity index (χ3v) is 9.40. The van der Waals surface area contributed by atoms with Crippen LogP contribution in [0.3, 0.4) is 0 Å². The molecule has 7 aromatic carbocycles. The first-order valence-electron chi connectivity index (χ1n) is 17.6. The Balaban J connectivity index is 1.31. The molecule has 0 aliphatic rings. The van der Waals surface area contributed by atoms with Crippen LogP contribution in [0.1, 0.15) is 0 Å². The van der Waals surface area contributed by atoms with Gasteiger partial charge in [-0.25, -0.2) is 29.8 Å². The SMILES string of the molecule is [C-]#[N+]c1ccc(-c2ccc(-c3ccccc3-c3nc(-c4ccccc4)nc4ccccc34)c(-c3nc(-c4ccccc4)nc(-c4ccccc4)n3)c2)cc1. The molecule has 54 heavy (non-hydrogen) atoms. The highest BCUT2D eigenvalue weighted by atomic mass is 15.0. The van der Waals surface area contributed by atoms with E-state index in [1.807, 2.05) is 133 Å². The van der Waals surface area contributed by atoms with Gasteiger partial charge in [0, 0.05) is 33.2 Å². The molecule has 0 amide bonds. The molecule has 0 N–H and O–H groups in total. The topological polar surface area (TPSA) is 68.8 Å². The molecule has 9 rings (SSSR count). The third kappa shape index (κ3) is 6.27. The van der Waals surface area contributed by atoms with Gasteiger partial charge in [-0.05, 0) is 34.4 Å². The minimum Gasteiger partial charge on any atom is -0.238 e. The Bertz CT molecular complexity index is 2760. The second-order valence-corrected chi connectivity index (χ2v) is 12.8. The molecule has 0 saturated heterocycles. The van der Waals surface area contributed by atoms with Crippen LogP contribution in [-0.2, 0) is 0 Å². The number of benzene rings is 7. The van der Waals surface area contributed by atoms with Crippen LogP contribution in [0.25, 0.3) is 94.8 Å². The van der Waals surface area contributed by atoms with Crippen LogP contribution in [-0.4, -0.2) is 24.9 Å². The van der Waals surface area contributed by atoms with Crippen molar-refractivity contribution < 1.29 is 0 Å². The summed E-state index contributed by atoms with van der Waals surface area (Å²) in [6.07, 6.45) is 0. The fourth-order valence-corrected chi connectivity index (χ4v) is 6.72. The molecule has 9 aromatic rings. The van der Waals surface area contributed by atoms with E-state index in [4.69, 9.17) is 31.5 Å². The van der Waals surface area contributed by atoms with Gasteiger partial charge in [-0.15, -0.1) is 0 Å². The van der Waals surface area contributed by atoms with E-state index in [1.54, 1.807) is 0 Å². The van der Waals surface area contributed by atoms with Crippen molar-refractivity contribution in [2.45, 2.75) is 0 Å². The maximum Gasteiger partial charge on any atom is 0.187 e. The molecule has 0 radical (unpaired) electrons. The zero-order valence-electron chi connectivity index (χ0n) is 29.0. The lowest BCUT2D eigenvalue weighted by atomic mass is 9.90. The van der Waals surface area contributed by atoms with E-state index in [1.165, 1.54) is 0 Å². The fraction of sp³-hybridized carbons (Fsp3) is 0. The van der Waals surface area contributed by atoms with Gasteiger partial charge in [0.25, 0.3) is 0 Å². The fourth-order valence-electron chi connectivity index (χ4n) is 6.72. The summed E-state index contributed by atoms with van der Waals surface area (Å²) in [7, 11) is 0. The monoisotopic (exact) mass is 690 g/mol. The minimum absolute atomic E-state index is 0.546. The predicted molar refractivity (Wildman–Crippen MR) is 217 cm³/mol. The highest BCUT2D eigenvalue weighted by Crippen LogP contribution is 2.41. The lowest BCUT2D eigenvalue weighted by molar-refractivity contribution is 1.07. The van der Waals surface area contributed by atoms with Crippen molar-refractivity contribution in [3.8, 4) is 79.1 Å². The zero-order chi connectivity index (χ0) is 36.3. The highest BCUT2D eigenvalue weighted by molar-refractivity contribution is 6.00. The number of hydrogen-bond donors (Lipinski definition) is 0. The van der Waals surface area contributed by atoms with Crippen LogP contribution >= 0.6 is 0 Å². The van der Waals surface area contributed by atoms with E-state index in [-0.39, 0.29) is 0 Å². The van der Waals surface area contributed by atoms with Gasteiger partial charge in [0.15, 0.2) is 29.0 Å². The van der Waals surface area contributed by atoms with Gasteiger partial charge in [0.05, 0.1) is 17.8 Å². The first kappa shape index (κ1) is 32.3. The Kier molecular flexibility index (Phi) is 8.48. The quantitative estimate of drug-likeness (QED) is 0.156. The number of fused-ring (bicyclic) bond motifs is 1. The maximum atomic E-state index is 7.47. The summed E-state index contributed by atoms with van der Waals surface area (Å²) in [6.45, 7) is 7.47. The van der Waals surface area contributed by atoms with Gasteiger partial charge in [0.1, 0.15) is 0 Å². The van der Waals surface area contributed by atoms with Crippen molar-refractivity contribution in [2.75, 3.05) is 0 Å². The lowest BCUT2D eigenvalue weighted by Crippen LogP contribution is -2.02. The maximum absolute atomic E-state index is 7.47. The van der Waals surface area contributed by atoms with Crippen LogP contribution in [0.2, 0.25) is 0 Å². The van der Waals surface area contributed by atoms with Gasteiger partial charge in [-0.2, -0.15) is 0 Å². The van der Waals surface area contributed by atoms with Gasteiger partial charge < -0.3 is 0 Å². The number of aromatic nitrogens is 5. The van der Waals surface area contributed by atoms with Crippen LogP contribution in [0.4, 0.5) is 5.69 Å². The normalized spacial score (nSPS) is 10.9. The summed E-state index contributed by atoms with van der Waals surface area (Å²) in [4.78, 5) is 29.1. The average molecular weight is 691 g/mol. The smallest absolute Gasteiger partial charge is 0.187 e. The van der Waals surface area contributed by atoms with Crippen LogP contribution in [0.15, 0.2) is 182 Å². The largest absolute Gasteiger partial charge is 0.238 e. The van der Waals surface area contributed by atoms with E-state index in [9.17, 15) is 0 Å². The summed E-state index contributed by atoms with van der Waals surface area (Å²) in [5.74, 6) is 2.37. The number of hydrogen-bond acceptors (Lipinski definition) is 5.